The van der Waals surface area contributed by atoms with E-state index in [2.05, 4.69) is 47.3 Å². The lowest BCUT2D eigenvalue weighted by Crippen LogP contribution is -2.26. The number of hydrogen-bond donors (Lipinski definition) is 2. The van der Waals surface area contributed by atoms with Crippen molar-refractivity contribution in [3.63, 3.8) is 0 Å². The van der Waals surface area contributed by atoms with E-state index in [1.54, 1.807) is 11.3 Å². The zero-order valence-electron chi connectivity index (χ0n) is 19.0. The number of thiophene rings is 1. The Morgan fingerprint density at radius 2 is 2.15 bits per heavy atom. The lowest BCUT2D eigenvalue weighted by Gasteiger charge is -2.33. The highest BCUT2D eigenvalue weighted by Crippen LogP contribution is 2.44. The number of nitriles is 1. The van der Waals surface area contributed by atoms with Crippen LogP contribution in [0.5, 0.6) is 5.75 Å². The predicted octanol–water partition coefficient (Wildman–Crippen LogP) is 5.20. The second kappa shape index (κ2) is 9.98. The van der Waals surface area contributed by atoms with E-state index in [0.29, 0.717) is 27.5 Å². The van der Waals surface area contributed by atoms with Crippen molar-refractivity contribution in [2.45, 2.75) is 51.8 Å². The summed E-state index contributed by atoms with van der Waals surface area (Å²) in [6, 6.07) is 11.8. The molecule has 7 nitrogen and oxygen atoms in total. The minimum Gasteiger partial charge on any atom is -0.486 e. The second-order valence-electron chi connectivity index (χ2n) is 9.13. The number of carbonyl (C=O) groups excluding carboxylic acids is 1. The molecule has 4 rings (SSSR count). The molecule has 0 spiro atoms. The molecule has 0 aliphatic heterocycles. The van der Waals surface area contributed by atoms with Crippen molar-refractivity contribution in [1.29, 1.82) is 5.26 Å². The molecule has 0 fully saturated rings. The molecule has 0 saturated heterocycles. The van der Waals surface area contributed by atoms with Crippen LogP contribution in [-0.2, 0) is 24.2 Å². The molecule has 1 aliphatic rings. The Balaban J connectivity index is 1.32. The highest BCUT2D eigenvalue weighted by Gasteiger charge is 2.32. The minimum atomic E-state index is -0.172. The molecule has 172 valence electrons. The van der Waals surface area contributed by atoms with Gasteiger partial charge in [0.2, 0.25) is 11.1 Å². The van der Waals surface area contributed by atoms with Crippen LogP contribution >= 0.6 is 23.1 Å². The summed E-state index contributed by atoms with van der Waals surface area (Å²) in [6.45, 7) is 7.07. The molecule has 0 bridgehead atoms. The number of anilines is 1. The summed E-state index contributed by atoms with van der Waals surface area (Å²) in [7, 11) is 0. The number of ether oxygens (including phenoxy) is 1. The Morgan fingerprint density at radius 1 is 1.36 bits per heavy atom. The van der Waals surface area contributed by atoms with Crippen LogP contribution in [0.15, 0.2) is 35.5 Å². The third-order valence-corrected chi connectivity index (χ3v) is 7.83. The number of nitrogens with one attached hydrogen (secondary N) is 2. The van der Waals surface area contributed by atoms with Crippen LogP contribution in [0.4, 0.5) is 5.00 Å². The first-order valence-electron chi connectivity index (χ1n) is 10.9. The van der Waals surface area contributed by atoms with E-state index in [9.17, 15) is 10.1 Å². The first kappa shape index (κ1) is 23.3. The molecular formula is C24H27N5O2S2. The van der Waals surface area contributed by atoms with E-state index < -0.39 is 0 Å². The summed E-state index contributed by atoms with van der Waals surface area (Å²) in [6.07, 6.45) is 2.94. The summed E-state index contributed by atoms with van der Waals surface area (Å²) >= 11 is 2.79. The van der Waals surface area contributed by atoms with Gasteiger partial charge in [0.25, 0.3) is 0 Å². The maximum Gasteiger partial charge on any atom is 0.235 e. The van der Waals surface area contributed by atoms with Crippen molar-refractivity contribution in [3.05, 3.63) is 52.2 Å². The summed E-state index contributed by atoms with van der Waals surface area (Å²) < 4.78 is 5.65. The molecule has 2 aromatic heterocycles. The lowest BCUT2D eigenvalue weighted by atomic mass is 9.72. The van der Waals surface area contributed by atoms with Crippen LogP contribution in [0.1, 0.15) is 49.0 Å². The van der Waals surface area contributed by atoms with Gasteiger partial charge >= 0.3 is 0 Å². The Kier molecular flexibility index (Phi) is 7.05. The van der Waals surface area contributed by atoms with Gasteiger partial charge in [0.15, 0.2) is 5.82 Å². The molecule has 1 atom stereocenters. The molecule has 0 unspecified atom stereocenters. The smallest absolute Gasteiger partial charge is 0.235 e. The Morgan fingerprint density at radius 3 is 2.88 bits per heavy atom. The number of fused-ring (bicyclic) bond motifs is 1. The standard InChI is InChI=1S/C24H27N5O2S2/c1-24(2,3)15-9-10-17-18(12-25)22(33-19(17)11-15)27-21(30)14-32-23-26-20(28-29-23)13-31-16-7-5-4-6-8-16/h4-8,15H,9-11,13-14H2,1-3H3,(H,27,30)(H,26,28,29)/t15-/m0/s1. The zero-order chi connectivity index (χ0) is 23.4. The molecule has 1 aromatic carbocycles. The number of aromatic nitrogens is 3. The van der Waals surface area contributed by atoms with Gasteiger partial charge in [-0.25, -0.2) is 4.98 Å². The van der Waals surface area contributed by atoms with Crippen molar-refractivity contribution < 1.29 is 9.53 Å². The van der Waals surface area contributed by atoms with Crippen LogP contribution in [0.3, 0.4) is 0 Å². The number of hydrogen-bond acceptors (Lipinski definition) is 7. The lowest BCUT2D eigenvalue weighted by molar-refractivity contribution is -0.113. The molecule has 33 heavy (non-hydrogen) atoms. The molecule has 2 heterocycles. The van der Waals surface area contributed by atoms with E-state index >= 15 is 0 Å². The molecular weight excluding hydrogens is 454 g/mol. The second-order valence-corrected chi connectivity index (χ2v) is 11.2. The Bertz CT molecular complexity index is 1160. The van der Waals surface area contributed by atoms with Gasteiger partial charge in [-0.2, -0.15) is 5.26 Å². The maximum absolute atomic E-state index is 12.6. The monoisotopic (exact) mass is 481 g/mol. The molecule has 0 saturated carbocycles. The number of nitrogens with zero attached hydrogens (tertiary/aromatic N) is 3. The van der Waals surface area contributed by atoms with Gasteiger partial charge in [0.1, 0.15) is 23.4 Å². The predicted molar refractivity (Wildman–Crippen MR) is 131 cm³/mol. The van der Waals surface area contributed by atoms with Gasteiger partial charge < -0.3 is 10.1 Å². The average molecular weight is 482 g/mol. The first-order valence-corrected chi connectivity index (χ1v) is 12.7. The van der Waals surface area contributed by atoms with Gasteiger partial charge in [-0.15, -0.1) is 16.4 Å². The fraction of sp³-hybridized carbons (Fsp3) is 0.417. The zero-order valence-corrected chi connectivity index (χ0v) is 20.6. The number of H-pyrrole nitrogens is 1. The Hall–Kier alpha value is -2.83. The molecule has 9 heteroatoms. The number of amides is 1. The number of para-hydroxylation sites is 1. The number of thioether (sulfide) groups is 1. The highest BCUT2D eigenvalue weighted by molar-refractivity contribution is 7.99. The molecule has 2 N–H and O–H groups in total. The van der Waals surface area contributed by atoms with Crippen molar-refractivity contribution in [2.75, 3.05) is 11.1 Å². The third-order valence-electron chi connectivity index (χ3n) is 5.82. The summed E-state index contributed by atoms with van der Waals surface area (Å²) in [4.78, 5) is 18.2. The van der Waals surface area contributed by atoms with E-state index in [0.717, 1.165) is 30.6 Å². The topological polar surface area (TPSA) is 104 Å². The molecule has 1 aliphatic carbocycles. The molecule has 1 amide bonds. The summed E-state index contributed by atoms with van der Waals surface area (Å²) in [5.74, 6) is 1.92. The van der Waals surface area contributed by atoms with Crippen LogP contribution in [0.25, 0.3) is 0 Å². The van der Waals surface area contributed by atoms with Crippen LogP contribution in [-0.4, -0.2) is 26.8 Å². The summed E-state index contributed by atoms with van der Waals surface area (Å²) in [5, 5.41) is 20.8. The number of rotatable bonds is 7. The SMILES string of the molecule is CC(C)(C)[C@H]1CCc2c(sc(NC(=O)CSc3n[nH]c(COc4ccccc4)n3)c2C#N)C1. The molecule has 3 aromatic rings. The van der Waals surface area contributed by atoms with Crippen molar-refractivity contribution >= 4 is 34.0 Å². The van der Waals surface area contributed by atoms with Crippen LogP contribution in [0, 0.1) is 22.7 Å². The number of aromatic amines is 1. The van der Waals surface area contributed by atoms with Gasteiger partial charge in [-0.05, 0) is 48.3 Å². The van der Waals surface area contributed by atoms with Gasteiger partial charge in [0.05, 0.1) is 11.3 Å². The normalized spacial score (nSPS) is 15.5. The van der Waals surface area contributed by atoms with Crippen LogP contribution in [0.2, 0.25) is 0 Å². The van der Waals surface area contributed by atoms with Gasteiger partial charge in [0, 0.05) is 4.88 Å². The van der Waals surface area contributed by atoms with E-state index in [1.807, 2.05) is 30.3 Å². The third kappa shape index (κ3) is 5.75. The van der Waals surface area contributed by atoms with Crippen LogP contribution < -0.4 is 10.1 Å². The first-order chi connectivity index (χ1) is 15.8. The maximum atomic E-state index is 12.6. The Labute approximate surface area is 202 Å². The fourth-order valence-electron chi connectivity index (χ4n) is 3.90. The fourth-order valence-corrected chi connectivity index (χ4v) is 5.81. The van der Waals surface area contributed by atoms with Crippen molar-refractivity contribution in [1.82, 2.24) is 15.2 Å². The van der Waals surface area contributed by atoms with Crippen molar-refractivity contribution in [2.24, 2.45) is 11.3 Å². The van der Waals surface area contributed by atoms with Crippen molar-refractivity contribution in [3.8, 4) is 11.8 Å². The van der Waals surface area contributed by atoms with E-state index in [1.165, 1.54) is 16.6 Å². The highest BCUT2D eigenvalue weighted by atomic mass is 32.2. The largest absolute Gasteiger partial charge is 0.486 e. The number of carbonyl (C=O) groups is 1. The van der Waals surface area contributed by atoms with Gasteiger partial charge in [-0.3, -0.25) is 9.89 Å². The minimum absolute atomic E-state index is 0.162. The van der Waals surface area contributed by atoms with E-state index in [-0.39, 0.29) is 23.7 Å². The quantitative estimate of drug-likeness (QED) is 0.450. The van der Waals surface area contributed by atoms with E-state index in [4.69, 9.17) is 4.74 Å². The number of benzene rings is 1. The average Bonchev–Trinajstić information content (AvgIpc) is 3.39. The summed E-state index contributed by atoms with van der Waals surface area (Å²) in [5.41, 5.74) is 1.97. The van der Waals surface area contributed by atoms with Gasteiger partial charge in [-0.1, -0.05) is 50.7 Å². The molecule has 0 radical (unpaired) electrons.